The van der Waals surface area contributed by atoms with Crippen LogP contribution in [-0.2, 0) is 15.1 Å². The largest absolute Gasteiger partial charge is 0.486 e. The number of nitrogens with one attached hydrogen (secondary N) is 2. The van der Waals surface area contributed by atoms with Gasteiger partial charge < -0.3 is 24.5 Å². The maximum absolute atomic E-state index is 13.1. The highest BCUT2D eigenvalue weighted by Gasteiger charge is 2.51. The van der Waals surface area contributed by atoms with E-state index >= 15 is 0 Å². The van der Waals surface area contributed by atoms with E-state index in [4.69, 9.17) is 13.9 Å². The molecule has 1 saturated heterocycles. The average Bonchev–Trinajstić information content (AvgIpc) is 3.33. The van der Waals surface area contributed by atoms with Crippen LogP contribution >= 0.6 is 0 Å². The molecule has 0 spiro atoms. The zero-order chi connectivity index (χ0) is 22.3. The van der Waals surface area contributed by atoms with Gasteiger partial charge in [-0.1, -0.05) is 30.3 Å². The summed E-state index contributed by atoms with van der Waals surface area (Å²) in [6.07, 6.45) is -0.377. The molecule has 1 aromatic heterocycles. The van der Waals surface area contributed by atoms with Gasteiger partial charge in [-0.05, 0) is 31.2 Å². The lowest BCUT2D eigenvalue weighted by atomic mass is 9.99. The minimum atomic E-state index is -1.39. The molecule has 3 heterocycles. The van der Waals surface area contributed by atoms with Gasteiger partial charge in [0.15, 0.2) is 17.0 Å². The Morgan fingerprint density at radius 3 is 2.72 bits per heavy atom. The van der Waals surface area contributed by atoms with Crippen LogP contribution in [0.1, 0.15) is 12.7 Å². The molecular formula is C23H21N3O6. The maximum Gasteiger partial charge on any atom is 0.325 e. The van der Waals surface area contributed by atoms with Crippen molar-refractivity contribution in [2.45, 2.75) is 18.6 Å². The Morgan fingerprint density at radius 2 is 1.91 bits per heavy atom. The lowest BCUT2D eigenvalue weighted by Gasteiger charge is -2.26. The number of carbonyl (C=O) groups is 3. The van der Waals surface area contributed by atoms with Gasteiger partial charge in [0.05, 0.1) is 6.54 Å². The van der Waals surface area contributed by atoms with Gasteiger partial charge in [-0.15, -0.1) is 0 Å². The topological polar surface area (TPSA) is 110 Å². The summed E-state index contributed by atoms with van der Waals surface area (Å²) in [6, 6.07) is 15.7. The SMILES string of the molecule is C[C@]1(c2cc3ccccc3o2)NC(=O)N(CC(=O)NC[C@H]2COc3ccccc3O2)C1=O. The summed E-state index contributed by atoms with van der Waals surface area (Å²) in [4.78, 5) is 38.9. The highest BCUT2D eigenvalue weighted by molar-refractivity contribution is 6.09. The van der Waals surface area contributed by atoms with Crippen molar-refractivity contribution >= 4 is 28.8 Å². The van der Waals surface area contributed by atoms with Crippen LogP contribution in [0.25, 0.3) is 11.0 Å². The third-order valence-electron chi connectivity index (χ3n) is 5.59. The molecule has 164 valence electrons. The van der Waals surface area contributed by atoms with Crippen molar-refractivity contribution in [2.75, 3.05) is 19.7 Å². The van der Waals surface area contributed by atoms with Crippen LogP contribution in [0.15, 0.2) is 59.0 Å². The molecule has 3 aromatic rings. The summed E-state index contributed by atoms with van der Waals surface area (Å²) in [7, 11) is 0. The van der Waals surface area contributed by atoms with Gasteiger partial charge in [-0.25, -0.2) is 4.79 Å². The maximum atomic E-state index is 13.1. The molecule has 2 N–H and O–H groups in total. The molecule has 0 saturated carbocycles. The van der Waals surface area contributed by atoms with Crippen LogP contribution in [0.5, 0.6) is 11.5 Å². The number of imide groups is 1. The van der Waals surface area contributed by atoms with E-state index in [-0.39, 0.29) is 19.3 Å². The fraction of sp³-hybridized carbons (Fsp3) is 0.261. The third-order valence-corrected chi connectivity index (χ3v) is 5.59. The number of furan rings is 1. The van der Waals surface area contributed by atoms with E-state index in [0.717, 1.165) is 10.3 Å². The Labute approximate surface area is 183 Å². The highest BCUT2D eigenvalue weighted by Crippen LogP contribution is 2.33. The van der Waals surface area contributed by atoms with Crippen molar-refractivity contribution in [3.63, 3.8) is 0 Å². The normalized spacial score (nSPS) is 22.2. The van der Waals surface area contributed by atoms with E-state index in [1.54, 1.807) is 31.2 Å². The van der Waals surface area contributed by atoms with E-state index in [2.05, 4.69) is 10.6 Å². The fourth-order valence-corrected chi connectivity index (χ4v) is 3.83. The Kier molecular flexibility index (Phi) is 4.73. The molecule has 32 heavy (non-hydrogen) atoms. The predicted octanol–water partition coefficient (Wildman–Crippen LogP) is 2.16. The molecule has 2 aliphatic heterocycles. The average molecular weight is 435 g/mol. The van der Waals surface area contributed by atoms with Gasteiger partial charge in [0, 0.05) is 5.39 Å². The zero-order valence-corrected chi connectivity index (χ0v) is 17.3. The molecule has 5 rings (SSSR count). The van der Waals surface area contributed by atoms with Crippen LogP contribution in [0.3, 0.4) is 0 Å². The fourth-order valence-electron chi connectivity index (χ4n) is 3.83. The molecule has 0 bridgehead atoms. The summed E-state index contributed by atoms with van der Waals surface area (Å²) in [5, 5.41) is 6.16. The number of urea groups is 1. The third kappa shape index (κ3) is 3.41. The number of nitrogens with zero attached hydrogens (tertiary/aromatic N) is 1. The molecule has 2 atom stereocenters. The molecule has 2 aromatic carbocycles. The van der Waals surface area contributed by atoms with Gasteiger partial charge in [0.1, 0.15) is 30.6 Å². The van der Waals surface area contributed by atoms with Gasteiger partial charge >= 0.3 is 6.03 Å². The van der Waals surface area contributed by atoms with Crippen molar-refractivity contribution < 1.29 is 28.3 Å². The van der Waals surface area contributed by atoms with Crippen molar-refractivity contribution in [2.24, 2.45) is 0 Å². The van der Waals surface area contributed by atoms with Crippen molar-refractivity contribution in [1.82, 2.24) is 15.5 Å². The van der Waals surface area contributed by atoms with Crippen molar-refractivity contribution in [3.05, 3.63) is 60.4 Å². The Hall–Kier alpha value is -4.01. The second kappa shape index (κ2) is 7.60. The van der Waals surface area contributed by atoms with Crippen LogP contribution in [0, 0.1) is 0 Å². The smallest absolute Gasteiger partial charge is 0.325 e. The van der Waals surface area contributed by atoms with Gasteiger partial charge in [0.25, 0.3) is 5.91 Å². The first kappa shape index (κ1) is 19.9. The highest BCUT2D eigenvalue weighted by atomic mass is 16.6. The molecule has 0 aliphatic carbocycles. The number of benzene rings is 2. The Morgan fingerprint density at radius 1 is 1.16 bits per heavy atom. The van der Waals surface area contributed by atoms with Crippen LogP contribution in [0.4, 0.5) is 4.79 Å². The lowest BCUT2D eigenvalue weighted by Crippen LogP contribution is -2.46. The molecule has 0 radical (unpaired) electrons. The second-order valence-electron chi connectivity index (χ2n) is 7.90. The Balaban J connectivity index is 1.22. The van der Waals surface area contributed by atoms with Crippen LogP contribution in [0.2, 0.25) is 0 Å². The van der Waals surface area contributed by atoms with Gasteiger partial charge in [-0.2, -0.15) is 0 Å². The summed E-state index contributed by atoms with van der Waals surface area (Å²) in [6.45, 7) is 1.61. The summed E-state index contributed by atoms with van der Waals surface area (Å²) >= 11 is 0. The van der Waals surface area contributed by atoms with E-state index < -0.39 is 29.9 Å². The monoisotopic (exact) mass is 435 g/mol. The molecule has 1 fully saturated rings. The van der Waals surface area contributed by atoms with E-state index in [0.29, 0.717) is 22.8 Å². The number of ether oxygens (including phenoxy) is 2. The van der Waals surface area contributed by atoms with E-state index in [1.807, 2.05) is 30.3 Å². The van der Waals surface area contributed by atoms with Crippen LogP contribution in [-0.4, -0.2) is 48.5 Å². The summed E-state index contributed by atoms with van der Waals surface area (Å²) < 4.78 is 17.2. The molecule has 9 nitrogen and oxygen atoms in total. The van der Waals surface area contributed by atoms with Gasteiger partial charge in [-0.3, -0.25) is 14.5 Å². The lowest BCUT2D eigenvalue weighted by molar-refractivity contribution is -0.135. The predicted molar refractivity (Wildman–Crippen MR) is 113 cm³/mol. The number of hydrogen-bond acceptors (Lipinski definition) is 6. The van der Waals surface area contributed by atoms with Crippen molar-refractivity contribution in [3.8, 4) is 11.5 Å². The molecule has 9 heteroatoms. The number of amides is 4. The van der Waals surface area contributed by atoms with Crippen molar-refractivity contribution in [1.29, 1.82) is 0 Å². The standard InChI is InChI=1S/C23H21N3O6/c1-23(19-10-14-6-2-3-7-16(14)32-19)21(28)26(22(29)25-23)12-20(27)24-11-15-13-30-17-8-4-5-9-18(17)31-15/h2-10,15H,11-13H2,1H3,(H,24,27)(H,25,29)/t15-,23+/m0/s1. The zero-order valence-electron chi connectivity index (χ0n) is 17.3. The Bertz CT molecular complexity index is 1190. The van der Waals surface area contributed by atoms with E-state index in [1.165, 1.54) is 0 Å². The molecular weight excluding hydrogens is 414 g/mol. The molecule has 4 amide bonds. The summed E-state index contributed by atoms with van der Waals surface area (Å²) in [5.41, 5.74) is -0.779. The van der Waals surface area contributed by atoms with E-state index in [9.17, 15) is 14.4 Å². The first-order valence-corrected chi connectivity index (χ1v) is 10.2. The minimum absolute atomic E-state index is 0.178. The first-order chi connectivity index (χ1) is 15.4. The minimum Gasteiger partial charge on any atom is -0.486 e. The number of carbonyl (C=O) groups excluding carboxylic acids is 3. The second-order valence-corrected chi connectivity index (χ2v) is 7.90. The number of rotatable bonds is 5. The van der Waals surface area contributed by atoms with Crippen LogP contribution < -0.4 is 20.1 Å². The summed E-state index contributed by atoms with van der Waals surface area (Å²) in [5.74, 6) is 0.534. The molecule has 2 aliphatic rings. The quantitative estimate of drug-likeness (QED) is 0.595. The van der Waals surface area contributed by atoms with Gasteiger partial charge in [0.2, 0.25) is 5.91 Å². The number of para-hydroxylation sites is 3. The molecule has 0 unspecified atom stereocenters. The number of hydrogen-bond donors (Lipinski definition) is 2. The first-order valence-electron chi connectivity index (χ1n) is 10.2. The number of fused-ring (bicyclic) bond motifs is 2.